The molecule has 0 radical (unpaired) electrons. The number of carbonyl (C=O) groups excluding carboxylic acids is 2. The SMILES string of the molecule is CCOC(=O)CC[C@H](C)NC(=O)[C@H]1CCCN1. The topological polar surface area (TPSA) is 67.4 Å². The first-order chi connectivity index (χ1) is 8.13. The molecule has 0 bridgehead atoms. The van der Waals surface area contributed by atoms with Crippen molar-refractivity contribution in [3.8, 4) is 0 Å². The van der Waals surface area contributed by atoms with Crippen molar-refractivity contribution < 1.29 is 14.3 Å². The van der Waals surface area contributed by atoms with Crippen molar-refractivity contribution in [3.63, 3.8) is 0 Å². The third-order valence-corrected chi connectivity index (χ3v) is 2.85. The Hall–Kier alpha value is -1.10. The first kappa shape index (κ1) is 14.0. The van der Waals surface area contributed by atoms with Gasteiger partial charge in [-0.25, -0.2) is 0 Å². The molecule has 0 saturated carbocycles. The lowest BCUT2D eigenvalue weighted by Gasteiger charge is -2.16. The van der Waals surface area contributed by atoms with E-state index in [-0.39, 0.29) is 24.0 Å². The number of amides is 1. The quantitative estimate of drug-likeness (QED) is 0.669. The van der Waals surface area contributed by atoms with E-state index in [0.29, 0.717) is 19.4 Å². The maximum Gasteiger partial charge on any atom is 0.305 e. The Morgan fingerprint density at radius 3 is 2.88 bits per heavy atom. The van der Waals surface area contributed by atoms with Gasteiger partial charge in [0.05, 0.1) is 12.6 Å². The van der Waals surface area contributed by atoms with Crippen LogP contribution >= 0.6 is 0 Å². The predicted molar refractivity (Wildman–Crippen MR) is 64.5 cm³/mol. The average Bonchev–Trinajstić information content (AvgIpc) is 2.80. The molecule has 0 aromatic heterocycles. The fraction of sp³-hybridized carbons (Fsp3) is 0.833. The molecule has 1 rings (SSSR count). The second-order valence-electron chi connectivity index (χ2n) is 4.40. The number of esters is 1. The van der Waals surface area contributed by atoms with Crippen molar-refractivity contribution in [1.82, 2.24) is 10.6 Å². The van der Waals surface area contributed by atoms with Gasteiger partial charge in [-0.2, -0.15) is 0 Å². The Morgan fingerprint density at radius 1 is 1.53 bits per heavy atom. The normalized spacial score (nSPS) is 20.9. The summed E-state index contributed by atoms with van der Waals surface area (Å²) in [4.78, 5) is 22.9. The Balaban J connectivity index is 2.17. The summed E-state index contributed by atoms with van der Waals surface area (Å²) in [6.07, 6.45) is 2.93. The summed E-state index contributed by atoms with van der Waals surface area (Å²) in [7, 11) is 0. The lowest BCUT2D eigenvalue weighted by Crippen LogP contribution is -2.44. The van der Waals surface area contributed by atoms with Crippen LogP contribution in [0.3, 0.4) is 0 Å². The molecule has 1 aliphatic heterocycles. The van der Waals surface area contributed by atoms with Crippen molar-refractivity contribution in [2.75, 3.05) is 13.2 Å². The number of carbonyl (C=O) groups is 2. The summed E-state index contributed by atoms with van der Waals surface area (Å²) < 4.78 is 4.83. The van der Waals surface area contributed by atoms with Crippen molar-refractivity contribution in [2.45, 2.75) is 51.6 Å². The number of nitrogens with one attached hydrogen (secondary N) is 2. The van der Waals surface area contributed by atoms with E-state index < -0.39 is 0 Å². The van der Waals surface area contributed by atoms with E-state index in [0.717, 1.165) is 19.4 Å². The van der Waals surface area contributed by atoms with Crippen LogP contribution in [-0.4, -0.2) is 37.1 Å². The van der Waals surface area contributed by atoms with Crippen molar-refractivity contribution in [2.24, 2.45) is 0 Å². The monoisotopic (exact) mass is 242 g/mol. The maximum atomic E-state index is 11.7. The number of ether oxygens (including phenoxy) is 1. The minimum absolute atomic E-state index is 0.00862. The molecule has 1 heterocycles. The first-order valence-electron chi connectivity index (χ1n) is 6.33. The molecule has 2 N–H and O–H groups in total. The molecule has 5 nitrogen and oxygen atoms in total. The summed E-state index contributed by atoms with van der Waals surface area (Å²) in [6, 6.07) is -0.0469. The van der Waals surface area contributed by atoms with E-state index in [1.165, 1.54) is 0 Å². The molecule has 1 amide bonds. The minimum atomic E-state index is -0.201. The molecule has 1 fully saturated rings. The van der Waals surface area contributed by atoms with E-state index in [1.54, 1.807) is 6.92 Å². The van der Waals surface area contributed by atoms with Gasteiger partial charge in [-0.15, -0.1) is 0 Å². The molecule has 2 atom stereocenters. The molecule has 1 saturated heterocycles. The van der Waals surface area contributed by atoms with Crippen LogP contribution in [0, 0.1) is 0 Å². The van der Waals surface area contributed by atoms with Crippen molar-refractivity contribution in [1.29, 1.82) is 0 Å². The van der Waals surface area contributed by atoms with Gasteiger partial charge >= 0.3 is 5.97 Å². The van der Waals surface area contributed by atoms with E-state index in [9.17, 15) is 9.59 Å². The molecule has 5 heteroatoms. The average molecular weight is 242 g/mol. The lowest BCUT2D eigenvalue weighted by atomic mass is 10.1. The van der Waals surface area contributed by atoms with E-state index in [1.807, 2.05) is 6.92 Å². The highest BCUT2D eigenvalue weighted by molar-refractivity contribution is 5.82. The molecule has 1 aliphatic rings. The zero-order valence-corrected chi connectivity index (χ0v) is 10.6. The van der Waals surface area contributed by atoms with E-state index >= 15 is 0 Å². The summed E-state index contributed by atoms with van der Waals surface area (Å²) in [5.41, 5.74) is 0. The third kappa shape index (κ3) is 5.17. The van der Waals surface area contributed by atoms with Gasteiger partial charge in [0.2, 0.25) is 5.91 Å². The second-order valence-corrected chi connectivity index (χ2v) is 4.40. The van der Waals surface area contributed by atoms with Gasteiger partial charge in [-0.1, -0.05) is 0 Å². The molecular formula is C12H22N2O3. The molecule has 0 aliphatic carbocycles. The summed E-state index contributed by atoms with van der Waals surface area (Å²) in [5, 5.41) is 6.05. The molecule has 0 aromatic rings. The number of hydrogen-bond donors (Lipinski definition) is 2. The van der Waals surface area contributed by atoms with Crippen LogP contribution in [0.1, 0.15) is 39.5 Å². The van der Waals surface area contributed by atoms with Crippen LogP contribution in [0.2, 0.25) is 0 Å². The smallest absolute Gasteiger partial charge is 0.305 e. The number of rotatable bonds is 6. The van der Waals surface area contributed by atoms with Gasteiger partial charge in [0.25, 0.3) is 0 Å². The number of hydrogen-bond acceptors (Lipinski definition) is 4. The van der Waals surface area contributed by atoms with Gasteiger partial charge < -0.3 is 15.4 Å². The van der Waals surface area contributed by atoms with Crippen molar-refractivity contribution in [3.05, 3.63) is 0 Å². The lowest BCUT2D eigenvalue weighted by molar-refractivity contribution is -0.143. The fourth-order valence-corrected chi connectivity index (χ4v) is 1.89. The minimum Gasteiger partial charge on any atom is -0.466 e. The standard InChI is InChI=1S/C12H22N2O3/c1-3-17-11(15)7-6-9(2)14-12(16)10-5-4-8-13-10/h9-10,13H,3-8H2,1-2H3,(H,14,16)/t9-,10+/m0/s1. The van der Waals surface area contributed by atoms with Crippen LogP contribution < -0.4 is 10.6 Å². The van der Waals surface area contributed by atoms with Gasteiger partial charge in [0.15, 0.2) is 0 Å². The highest BCUT2D eigenvalue weighted by atomic mass is 16.5. The third-order valence-electron chi connectivity index (χ3n) is 2.85. The zero-order valence-electron chi connectivity index (χ0n) is 10.6. The summed E-state index contributed by atoms with van der Waals surface area (Å²) in [6.45, 7) is 5.02. The molecule has 0 spiro atoms. The fourth-order valence-electron chi connectivity index (χ4n) is 1.89. The molecule has 98 valence electrons. The van der Waals surface area contributed by atoms with Crippen molar-refractivity contribution >= 4 is 11.9 Å². The van der Waals surface area contributed by atoms with Crippen LogP contribution in [0.25, 0.3) is 0 Å². The Bertz CT molecular complexity index is 262. The highest BCUT2D eigenvalue weighted by Gasteiger charge is 2.22. The molecule has 0 unspecified atom stereocenters. The van der Waals surface area contributed by atoms with Crippen LogP contribution in [0.4, 0.5) is 0 Å². The van der Waals surface area contributed by atoms with Gasteiger partial charge in [-0.05, 0) is 39.7 Å². The van der Waals surface area contributed by atoms with Gasteiger partial charge in [0, 0.05) is 12.5 Å². The zero-order chi connectivity index (χ0) is 12.7. The summed E-state index contributed by atoms with van der Waals surface area (Å²) in [5.74, 6) is -0.161. The molecule has 17 heavy (non-hydrogen) atoms. The molecular weight excluding hydrogens is 220 g/mol. The van der Waals surface area contributed by atoms with Gasteiger partial charge in [0.1, 0.15) is 0 Å². The van der Waals surface area contributed by atoms with Crippen LogP contribution in [0.5, 0.6) is 0 Å². The van der Waals surface area contributed by atoms with Crippen LogP contribution in [-0.2, 0) is 14.3 Å². The van der Waals surface area contributed by atoms with Gasteiger partial charge in [-0.3, -0.25) is 9.59 Å². The summed E-state index contributed by atoms with van der Waals surface area (Å²) >= 11 is 0. The molecule has 0 aromatic carbocycles. The van der Waals surface area contributed by atoms with E-state index in [4.69, 9.17) is 4.74 Å². The largest absolute Gasteiger partial charge is 0.466 e. The highest BCUT2D eigenvalue weighted by Crippen LogP contribution is 2.06. The first-order valence-corrected chi connectivity index (χ1v) is 6.33. The predicted octanol–water partition coefficient (Wildman–Crippen LogP) is 0.586. The van der Waals surface area contributed by atoms with Crippen LogP contribution in [0.15, 0.2) is 0 Å². The Morgan fingerprint density at radius 2 is 2.29 bits per heavy atom. The Kier molecular flexibility index (Phi) is 5.97. The second kappa shape index (κ2) is 7.27. The maximum absolute atomic E-state index is 11.7. The van der Waals surface area contributed by atoms with E-state index in [2.05, 4.69) is 10.6 Å². The Labute approximate surface area is 102 Å².